The number of carbonyl (C=O) groups is 1. The number of ether oxygens (including phenoxy) is 3. The van der Waals surface area contributed by atoms with Crippen molar-refractivity contribution in [3.05, 3.63) is 153 Å². The van der Waals surface area contributed by atoms with Crippen LogP contribution < -0.4 is 29.3 Å². The zero-order valence-electron chi connectivity index (χ0n) is 37.8. The second-order valence-electron chi connectivity index (χ2n) is 14.0. The number of halogens is 3. The third-order valence-corrected chi connectivity index (χ3v) is 11.9. The Morgan fingerprint density at radius 3 is 1.97 bits per heavy atom. The average molecular weight is 1010 g/mol. The zero-order valence-corrected chi connectivity index (χ0v) is 39.4. The third kappa shape index (κ3) is 19.7. The first-order valence-corrected chi connectivity index (χ1v) is 22.0. The Bertz CT molecular complexity index is 2560. The van der Waals surface area contributed by atoms with Crippen LogP contribution in [-0.2, 0) is 27.5 Å². The van der Waals surface area contributed by atoms with Gasteiger partial charge in [-0.25, -0.2) is 9.59 Å². The van der Waals surface area contributed by atoms with Crippen LogP contribution in [0.3, 0.4) is 0 Å². The van der Waals surface area contributed by atoms with Crippen molar-refractivity contribution < 1.29 is 62.7 Å². The molecule has 0 bridgehead atoms. The molecule has 1 saturated heterocycles. The number of phenolic OH excluding ortho intramolecular Hbond substituents is 2. The minimum absolute atomic E-state index is 0. The summed E-state index contributed by atoms with van der Waals surface area (Å²) >= 11 is 6.71. The summed E-state index contributed by atoms with van der Waals surface area (Å²) in [5.41, 5.74) is 2.64. The first-order chi connectivity index (χ1) is 30.5. The molecule has 0 radical (unpaired) electrons. The molecule has 1 atom stereocenters. The van der Waals surface area contributed by atoms with Crippen LogP contribution in [-0.4, -0.2) is 74.3 Å². The summed E-state index contributed by atoms with van der Waals surface area (Å²) < 4.78 is 56.9. The topological polar surface area (TPSA) is 149 Å². The Labute approximate surface area is 435 Å². The summed E-state index contributed by atoms with van der Waals surface area (Å²) in [6.07, 6.45) is -1.93. The number of aromatic hydroxyl groups is 2. The van der Waals surface area contributed by atoms with Crippen LogP contribution in [0, 0.1) is 31.4 Å². The van der Waals surface area contributed by atoms with Gasteiger partial charge in [-0.05, 0) is 153 Å². The van der Waals surface area contributed by atoms with Crippen LogP contribution >= 0.6 is 36.2 Å². The number of rotatable bonds is 10. The van der Waals surface area contributed by atoms with E-state index in [0.717, 1.165) is 78.7 Å². The van der Waals surface area contributed by atoms with E-state index in [1.165, 1.54) is 41.3 Å². The number of aromatic nitrogens is 3. The maximum atomic E-state index is 13.1. The number of carbonyl (C=O) groups excluding carboxylic acids is 1. The van der Waals surface area contributed by atoms with Crippen LogP contribution in [0.25, 0.3) is 5.69 Å². The molecule has 1 aliphatic heterocycles. The molecule has 0 spiro atoms. The summed E-state index contributed by atoms with van der Waals surface area (Å²) in [6.45, 7) is 9.47. The van der Waals surface area contributed by atoms with Gasteiger partial charge in [-0.2, -0.15) is 23.1 Å². The fourth-order valence-electron chi connectivity index (χ4n) is 5.80. The Morgan fingerprint density at radius 1 is 0.897 bits per heavy atom. The molecule has 0 aliphatic carbocycles. The molecule has 0 saturated carbocycles. The second kappa shape index (κ2) is 31.5. The summed E-state index contributed by atoms with van der Waals surface area (Å²) in [5, 5.41) is 32.4. The van der Waals surface area contributed by atoms with Crippen LogP contribution in [0.5, 0.6) is 17.2 Å². The van der Waals surface area contributed by atoms with Crippen LogP contribution in [0.2, 0.25) is 0 Å². The standard InChI is InChI=1S/C28H26F3N3O4S.C8H7NOS.C7H8OS.C4H8O.2CH4.Al.Li.4H/c1-4-37-24(35)17-38-22-14-15-23(18(2)16-22)39-25(19-8-6-5-7-9-19)26-32-34(27(36)33(26)3)21-12-10-20(11-13-21)28(29,30)31;1-6-4-7(10)2-3-8(6)11-5-9;1-5-4-6(8)2-3-7(5)9;1-2-4-5-3-1;;;;;;;;/h5-16,25H,4,17H2,1-3H3;2-4,10H,1H3;2-4,8-9H,1H3;1-4H2;2*1H4;;;;;;/q;;;;;;;+1;;;;-1. The Balaban J connectivity index is 0. The molecule has 1 aliphatic rings. The van der Waals surface area contributed by atoms with Gasteiger partial charge in [0.1, 0.15) is 22.6 Å². The van der Waals surface area contributed by atoms with Crippen molar-refractivity contribution in [1.29, 1.82) is 5.26 Å². The number of thiocyanates is 1. The maximum absolute atomic E-state index is 13.1. The molecule has 68 heavy (non-hydrogen) atoms. The molecule has 2 heterocycles. The average Bonchev–Trinajstić information content (AvgIpc) is 3.95. The molecule has 19 heteroatoms. The predicted molar refractivity (Wildman–Crippen MR) is 270 cm³/mol. The van der Waals surface area contributed by atoms with Crippen LogP contribution in [0.1, 0.15) is 74.9 Å². The maximum Gasteiger partial charge on any atom is 1.00 e. The summed E-state index contributed by atoms with van der Waals surface area (Å²) in [5.74, 6) is 1.02. The minimum Gasteiger partial charge on any atom is -1.00 e. The first-order valence-electron chi connectivity index (χ1n) is 19.9. The van der Waals surface area contributed by atoms with Crippen molar-refractivity contribution in [3.63, 3.8) is 0 Å². The Hall–Kier alpha value is -4.67. The summed E-state index contributed by atoms with van der Waals surface area (Å²) in [7, 11) is 1.58. The molecular weight excluding hydrogens is 944 g/mol. The molecule has 0 amide bonds. The number of alkyl halides is 3. The van der Waals surface area contributed by atoms with Crippen molar-refractivity contribution in [2.75, 3.05) is 26.4 Å². The van der Waals surface area contributed by atoms with Gasteiger partial charge in [0, 0.05) is 34.9 Å². The number of benzene rings is 5. The number of hydrogen-bond acceptors (Lipinski definition) is 12. The summed E-state index contributed by atoms with van der Waals surface area (Å²) in [6, 6.07) is 29.2. The van der Waals surface area contributed by atoms with E-state index in [4.69, 9.17) is 29.7 Å². The van der Waals surface area contributed by atoms with Crippen LogP contribution in [0.4, 0.5) is 13.2 Å². The number of thioether (sulfide) groups is 2. The predicted octanol–water partition coefficient (Wildman–Crippen LogP) is 7.99. The molecule has 6 aromatic rings. The van der Waals surface area contributed by atoms with Crippen molar-refractivity contribution in [3.8, 4) is 28.3 Å². The Morgan fingerprint density at radius 2 is 1.47 bits per heavy atom. The number of esters is 1. The largest absolute Gasteiger partial charge is 1.00 e. The third-order valence-electron chi connectivity index (χ3n) is 9.17. The van der Waals surface area contributed by atoms with Gasteiger partial charge in [0.25, 0.3) is 0 Å². The van der Waals surface area contributed by atoms with Gasteiger partial charge in [0.05, 0.1) is 23.1 Å². The second-order valence-corrected chi connectivity index (χ2v) is 16.5. The number of nitriles is 1. The van der Waals surface area contributed by atoms with E-state index in [-0.39, 0.29) is 77.2 Å². The number of thiol groups is 1. The molecule has 5 aromatic carbocycles. The number of nitrogens with zero attached hydrogens (tertiary/aromatic N) is 4. The van der Waals surface area contributed by atoms with Crippen molar-refractivity contribution in [1.82, 2.24) is 14.3 Å². The van der Waals surface area contributed by atoms with Crippen molar-refractivity contribution >= 4 is 59.5 Å². The van der Waals surface area contributed by atoms with E-state index < -0.39 is 28.6 Å². The van der Waals surface area contributed by atoms with Gasteiger partial charge in [-0.3, -0.25) is 4.57 Å². The van der Waals surface area contributed by atoms with Gasteiger partial charge in [0.2, 0.25) is 0 Å². The first kappa shape index (κ1) is 63.3. The van der Waals surface area contributed by atoms with E-state index in [1.54, 1.807) is 56.4 Å². The van der Waals surface area contributed by atoms with Gasteiger partial charge >= 0.3 is 36.7 Å². The molecule has 1 unspecified atom stereocenters. The van der Waals surface area contributed by atoms with Gasteiger partial charge < -0.3 is 25.9 Å². The number of phenols is 2. The Kier molecular flexibility index (Phi) is 29.3. The molecular formula is C49H61AlF3LiN4O7S3. The molecule has 7 rings (SSSR count). The van der Waals surface area contributed by atoms with Crippen molar-refractivity contribution in [2.45, 2.75) is 81.5 Å². The molecule has 2 N–H and O–H groups in total. The summed E-state index contributed by atoms with van der Waals surface area (Å²) in [4.78, 5) is 27.4. The minimum atomic E-state index is -4.48. The van der Waals surface area contributed by atoms with Crippen molar-refractivity contribution in [2.24, 2.45) is 7.05 Å². The van der Waals surface area contributed by atoms with E-state index in [9.17, 15) is 22.8 Å². The monoisotopic (exact) mass is 1000 g/mol. The van der Waals surface area contributed by atoms with Gasteiger partial charge in [-0.15, -0.1) is 29.5 Å². The molecule has 1 fully saturated rings. The fourth-order valence-corrected chi connectivity index (χ4v) is 7.64. The van der Waals surface area contributed by atoms with Gasteiger partial charge in [-0.1, -0.05) is 45.2 Å². The van der Waals surface area contributed by atoms with Crippen LogP contribution in [0.15, 0.2) is 129 Å². The fraction of sp³-hybridized carbons (Fsp3) is 0.306. The molecule has 1 aromatic heterocycles. The number of aryl methyl sites for hydroxylation is 3. The quantitative estimate of drug-likeness (QED) is 0.0404. The normalized spacial score (nSPS) is 11.5. The van der Waals surface area contributed by atoms with E-state index in [2.05, 4.69) is 17.7 Å². The van der Waals surface area contributed by atoms with E-state index in [0.29, 0.717) is 17.3 Å². The van der Waals surface area contributed by atoms with E-state index in [1.807, 2.05) is 68.6 Å². The SMILES string of the molecule is C.C.C1CCOC1.CCOC(=O)COc1ccc(SC(c2ccccc2)c2nn(-c3ccc(C(F)(F)F)cc3)c(=O)n2C)c(C)c1.Cc1cc(O)ccc1S.Cc1cc(O)ccc1SC#N.[AlH3].[H-].[Li+]. The molecule has 11 nitrogen and oxygen atoms in total. The molecule has 362 valence electrons. The van der Waals surface area contributed by atoms with Gasteiger partial charge in [0.15, 0.2) is 29.8 Å². The zero-order chi connectivity index (χ0) is 46.8. The number of hydrogen-bond donors (Lipinski definition) is 3. The smallest absolute Gasteiger partial charge is 1.00 e. The van der Waals surface area contributed by atoms with E-state index >= 15 is 0 Å².